The van der Waals surface area contributed by atoms with Crippen LogP contribution in [0.5, 0.6) is 11.5 Å². The van der Waals surface area contributed by atoms with Crippen molar-refractivity contribution in [2.24, 2.45) is 4.99 Å². The highest BCUT2D eigenvalue weighted by Crippen LogP contribution is 2.32. The van der Waals surface area contributed by atoms with Crippen LogP contribution >= 0.6 is 56.5 Å². The molecule has 7 nitrogen and oxygen atoms in total. The third kappa shape index (κ3) is 5.80. The van der Waals surface area contributed by atoms with Crippen LogP contribution in [0.1, 0.15) is 44.9 Å². The minimum atomic E-state index is -0.682. The Balaban J connectivity index is 1.95. The van der Waals surface area contributed by atoms with Gasteiger partial charge in [0.1, 0.15) is 11.5 Å². The fraction of sp³-hybridized carbons (Fsp3) is 0.296. The Morgan fingerprint density at radius 3 is 2.54 bits per heavy atom. The number of benzene rings is 2. The maximum absolute atomic E-state index is 13.9. The van der Waals surface area contributed by atoms with Crippen molar-refractivity contribution in [1.82, 2.24) is 4.57 Å². The minimum Gasteiger partial charge on any atom is -0.495 e. The van der Waals surface area contributed by atoms with E-state index in [1.54, 1.807) is 32.4 Å². The van der Waals surface area contributed by atoms with E-state index in [9.17, 15) is 9.59 Å². The van der Waals surface area contributed by atoms with Crippen molar-refractivity contribution in [2.75, 3.05) is 13.7 Å². The summed E-state index contributed by atoms with van der Waals surface area (Å²) in [5, 5.41) is 0. The lowest BCUT2D eigenvalue weighted by atomic mass is 9.96. The lowest BCUT2D eigenvalue weighted by Gasteiger charge is -2.25. The molecule has 4 rings (SSSR count). The van der Waals surface area contributed by atoms with Crippen LogP contribution in [0, 0.1) is 7.14 Å². The van der Waals surface area contributed by atoms with Crippen LogP contribution in [0.4, 0.5) is 0 Å². The first kappa shape index (κ1) is 27.8. The third-order valence-electron chi connectivity index (χ3n) is 5.62. The lowest BCUT2D eigenvalue weighted by molar-refractivity contribution is -0.143. The number of aromatic nitrogens is 1. The maximum Gasteiger partial charge on any atom is 0.338 e. The van der Waals surface area contributed by atoms with Gasteiger partial charge in [0, 0.05) is 9.13 Å². The number of nitrogens with zero attached hydrogens (tertiary/aromatic N) is 2. The van der Waals surface area contributed by atoms with E-state index in [0.717, 1.165) is 18.3 Å². The molecule has 2 aromatic carbocycles. The Morgan fingerprint density at radius 1 is 1.22 bits per heavy atom. The van der Waals surface area contributed by atoms with Crippen LogP contribution in [0.15, 0.2) is 57.5 Å². The number of allylic oxidation sites excluding steroid dienone is 1. The van der Waals surface area contributed by atoms with Gasteiger partial charge in [-0.15, -0.1) is 0 Å². The van der Waals surface area contributed by atoms with Gasteiger partial charge in [0.15, 0.2) is 4.80 Å². The smallest absolute Gasteiger partial charge is 0.338 e. The zero-order chi connectivity index (χ0) is 26.9. The summed E-state index contributed by atoms with van der Waals surface area (Å²) >= 11 is 5.76. The normalized spacial score (nSPS) is 15.5. The van der Waals surface area contributed by atoms with Crippen LogP contribution in [0.2, 0.25) is 0 Å². The van der Waals surface area contributed by atoms with E-state index >= 15 is 0 Å². The number of thiazole rings is 1. The average Bonchev–Trinajstić information content (AvgIpc) is 3.12. The predicted molar refractivity (Wildman–Crippen MR) is 161 cm³/mol. The second-order valence-electron chi connectivity index (χ2n) is 8.55. The van der Waals surface area contributed by atoms with E-state index in [4.69, 9.17) is 14.2 Å². The van der Waals surface area contributed by atoms with Crippen LogP contribution in [-0.2, 0) is 9.53 Å². The highest BCUT2D eigenvalue weighted by molar-refractivity contribution is 14.1. The van der Waals surface area contributed by atoms with Crippen molar-refractivity contribution in [3.8, 4) is 11.5 Å². The van der Waals surface area contributed by atoms with Crippen molar-refractivity contribution in [3.05, 3.63) is 85.6 Å². The molecule has 0 amide bonds. The van der Waals surface area contributed by atoms with Crippen molar-refractivity contribution >= 4 is 68.6 Å². The monoisotopic (exact) mass is 744 g/mol. The molecule has 1 aliphatic heterocycles. The highest BCUT2D eigenvalue weighted by Gasteiger charge is 2.33. The number of hydrogen-bond acceptors (Lipinski definition) is 7. The highest BCUT2D eigenvalue weighted by atomic mass is 127. The Bertz CT molecular complexity index is 1560. The molecular formula is C27H26I2N2O5S. The SMILES string of the molecule is CCOc1ccc([C@@H]2C(C(=O)OC(C)C)=C(C)N=c3s/c(=C/c4cc(I)cc(I)c4OC)c(=O)n32)cc1. The molecule has 37 heavy (non-hydrogen) atoms. The minimum absolute atomic E-state index is 0.235. The molecule has 0 N–H and O–H groups in total. The topological polar surface area (TPSA) is 79.1 Å². The number of halogens is 2. The van der Waals surface area contributed by atoms with E-state index in [0.29, 0.717) is 38.7 Å². The maximum atomic E-state index is 13.9. The van der Waals surface area contributed by atoms with Crippen molar-refractivity contribution in [3.63, 3.8) is 0 Å². The Labute approximate surface area is 246 Å². The van der Waals surface area contributed by atoms with Crippen molar-refractivity contribution in [2.45, 2.75) is 39.8 Å². The first-order valence-corrected chi connectivity index (χ1v) is 14.6. The molecule has 0 radical (unpaired) electrons. The van der Waals surface area contributed by atoms with E-state index in [-0.39, 0.29) is 11.7 Å². The van der Waals surface area contributed by atoms with Gasteiger partial charge in [-0.05, 0) is 109 Å². The molecule has 1 atom stereocenters. The van der Waals surface area contributed by atoms with E-state index < -0.39 is 12.0 Å². The van der Waals surface area contributed by atoms with Gasteiger partial charge in [-0.3, -0.25) is 9.36 Å². The molecule has 0 spiro atoms. The Morgan fingerprint density at radius 2 is 1.92 bits per heavy atom. The molecule has 0 unspecified atom stereocenters. The van der Waals surface area contributed by atoms with Gasteiger partial charge in [0.05, 0.1) is 45.2 Å². The average molecular weight is 744 g/mol. The molecular weight excluding hydrogens is 718 g/mol. The van der Waals surface area contributed by atoms with Gasteiger partial charge in [-0.1, -0.05) is 23.5 Å². The van der Waals surface area contributed by atoms with Crippen molar-refractivity contribution < 1.29 is 19.0 Å². The number of carbonyl (C=O) groups excluding carboxylic acids is 1. The molecule has 2 heterocycles. The second kappa shape index (κ2) is 11.7. The van der Waals surface area contributed by atoms with Crippen LogP contribution in [0.25, 0.3) is 6.08 Å². The van der Waals surface area contributed by atoms with Gasteiger partial charge in [0.2, 0.25) is 0 Å². The molecule has 1 aromatic heterocycles. The number of fused-ring (bicyclic) bond motifs is 1. The van der Waals surface area contributed by atoms with Crippen molar-refractivity contribution in [1.29, 1.82) is 0 Å². The molecule has 0 aliphatic carbocycles. The van der Waals surface area contributed by atoms with Gasteiger partial charge in [0.25, 0.3) is 5.56 Å². The summed E-state index contributed by atoms with van der Waals surface area (Å²) in [6, 6.07) is 10.7. The zero-order valence-corrected chi connectivity index (χ0v) is 26.1. The van der Waals surface area contributed by atoms with Crippen LogP contribution < -0.4 is 24.4 Å². The zero-order valence-electron chi connectivity index (χ0n) is 21.0. The van der Waals surface area contributed by atoms with Crippen LogP contribution in [-0.4, -0.2) is 30.4 Å². The summed E-state index contributed by atoms with van der Waals surface area (Å²) in [5.74, 6) is 0.927. The Hall–Kier alpha value is -2.19. The van der Waals surface area contributed by atoms with Gasteiger partial charge >= 0.3 is 5.97 Å². The van der Waals surface area contributed by atoms with Gasteiger partial charge in [-0.2, -0.15) is 0 Å². The predicted octanol–water partition coefficient (Wildman–Crippen LogP) is 4.80. The molecule has 0 saturated carbocycles. The van der Waals surface area contributed by atoms with E-state index in [2.05, 4.69) is 50.2 Å². The van der Waals surface area contributed by atoms with Crippen LogP contribution in [0.3, 0.4) is 0 Å². The van der Waals surface area contributed by atoms with E-state index in [1.165, 1.54) is 11.3 Å². The summed E-state index contributed by atoms with van der Waals surface area (Å²) in [5.41, 5.74) is 2.21. The molecule has 0 fully saturated rings. The molecule has 0 saturated heterocycles. The Kier molecular flexibility index (Phi) is 8.79. The molecule has 10 heteroatoms. The molecule has 0 bridgehead atoms. The first-order valence-electron chi connectivity index (χ1n) is 11.6. The quantitative estimate of drug-likeness (QED) is 0.257. The standard InChI is InChI=1S/C27H26I2N2O5S/c1-6-35-19-9-7-16(8-10-19)23-22(26(33)36-14(2)3)15(4)30-27-31(23)25(32)21(37-27)12-17-11-18(28)13-20(29)24(17)34-5/h7-14,23H,6H2,1-5H3/b21-12+/t23-/m1/s1. The number of ether oxygens (including phenoxy) is 3. The van der Waals surface area contributed by atoms with Gasteiger partial charge in [-0.25, -0.2) is 9.79 Å². The van der Waals surface area contributed by atoms with E-state index in [1.807, 2.05) is 49.4 Å². The summed E-state index contributed by atoms with van der Waals surface area (Å²) in [4.78, 5) is 32.3. The number of esters is 1. The number of methoxy groups -OCH3 is 1. The first-order chi connectivity index (χ1) is 17.6. The molecule has 194 valence electrons. The summed E-state index contributed by atoms with van der Waals surface area (Å²) < 4.78 is 20.8. The second-order valence-corrected chi connectivity index (χ2v) is 12.0. The fourth-order valence-electron chi connectivity index (χ4n) is 4.13. The van der Waals surface area contributed by atoms with Gasteiger partial charge < -0.3 is 14.2 Å². The number of rotatable bonds is 7. The summed E-state index contributed by atoms with van der Waals surface area (Å²) in [7, 11) is 1.62. The fourth-order valence-corrected chi connectivity index (χ4v) is 7.28. The molecule has 1 aliphatic rings. The lowest BCUT2D eigenvalue weighted by Crippen LogP contribution is -2.40. The summed E-state index contributed by atoms with van der Waals surface area (Å²) in [6.45, 7) is 7.83. The third-order valence-corrected chi connectivity index (χ3v) is 8.03. The summed E-state index contributed by atoms with van der Waals surface area (Å²) in [6.07, 6.45) is 1.52. The largest absolute Gasteiger partial charge is 0.495 e. The number of carbonyl (C=O) groups is 1. The molecule has 3 aromatic rings. The number of hydrogen-bond donors (Lipinski definition) is 0.